The summed E-state index contributed by atoms with van der Waals surface area (Å²) in [4.78, 5) is 2.26. The standard InChI is InChI=1S/C20H32N2O2S/c1-5-7-8-15(6-2)13-21-20(25)22-10-9-16-11-18(23-3)19(24-4)12-17(16)14-22/h11-12,15H,5-10,13-14H2,1-4H3,(H,21,25)/t15-/m0/s1. The fraction of sp³-hybridized carbons (Fsp3) is 0.650. The second-order valence-corrected chi connectivity index (χ2v) is 7.14. The summed E-state index contributed by atoms with van der Waals surface area (Å²) >= 11 is 5.65. The molecule has 0 spiro atoms. The number of hydrogen-bond acceptors (Lipinski definition) is 3. The van der Waals surface area contributed by atoms with E-state index in [1.807, 2.05) is 0 Å². The molecule has 0 saturated heterocycles. The average molecular weight is 365 g/mol. The van der Waals surface area contributed by atoms with Gasteiger partial charge in [-0.1, -0.05) is 33.1 Å². The number of thiocarbonyl (C=S) groups is 1. The Labute approximate surface area is 157 Å². The molecule has 0 aliphatic carbocycles. The second-order valence-electron chi connectivity index (χ2n) is 6.75. The molecule has 0 amide bonds. The zero-order chi connectivity index (χ0) is 18.2. The van der Waals surface area contributed by atoms with Gasteiger partial charge in [0.1, 0.15) is 0 Å². The summed E-state index contributed by atoms with van der Waals surface area (Å²) in [5.74, 6) is 2.30. The van der Waals surface area contributed by atoms with Gasteiger partial charge in [0.15, 0.2) is 16.6 Å². The zero-order valence-corrected chi connectivity index (χ0v) is 16.9. The first-order valence-electron chi connectivity index (χ1n) is 9.39. The van der Waals surface area contributed by atoms with Crippen LogP contribution in [0.5, 0.6) is 11.5 Å². The van der Waals surface area contributed by atoms with E-state index in [4.69, 9.17) is 21.7 Å². The first-order chi connectivity index (χ1) is 12.1. The molecular weight excluding hydrogens is 332 g/mol. The van der Waals surface area contributed by atoms with Crippen LogP contribution in [-0.4, -0.2) is 37.3 Å². The maximum absolute atomic E-state index is 5.65. The number of hydrogen-bond donors (Lipinski definition) is 1. The van der Waals surface area contributed by atoms with E-state index >= 15 is 0 Å². The Balaban J connectivity index is 1.96. The van der Waals surface area contributed by atoms with Crippen molar-refractivity contribution in [2.24, 2.45) is 5.92 Å². The van der Waals surface area contributed by atoms with Gasteiger partial charge in [-0.15, -0.1) is 0 Å². The molecule has 140 valence electrons. The van der Waals surface area contributed by atoms with E-state index in [2.05, 4.69) is 36.2 Å². The SMILES string of the molecule is CCCC[C@H](CC)CNC(=S)N1CCc2cc(OC)c(OC)cc2C1. The molecule has 0 radical (unpaired) electrons. The van der Waals surface area contributed by atoms with Crippen LogP contribution in [0.25, 0.3) is 0 Å². The third-order valence-corrected chi connectivity index (χ3v) is 5.49. The van der Waals surface area contributed by atoms with Gasteiger partial charge in [0.25, 0.3) is 0 Å². The van der Waals surface area contributed by atoms with Gasteiger partial charge in [0.2, 0.25) is 0 Å². The molecule has 1 aromatic rings. The molecule has 1 heterocycles. The minimum atomic E-state index is 0.708. The minimum Gasteiger partial charge on any atom is -0.493 e. The molecule has 25 heavy (non-hydrogen) atoms. The highest BCUT2D eigenvalue weighted by Crippen LogP contribution is 2.33. The highest BCUT2D eigenvalue weighted by molar-refractivity contribution is 7.80. The highest BCUT2D eigenvalue weighted by Gasteiger charge is 2.21. The van der Waals surface area contributed by atoms with Gasteiger partial charge in [-0.25, -0.2) is 0 Å². The number of unbranched alkanes of at least 4 members (excludes halogenated alkanes) is 1. The van der Waals surface area contributed by atoms with E-state index in [0.29, 0.717) is 5.92 Å². The third-order valence-electron chi connectivity index (χ3n) is 5.09. The lowest BCUT2D eigenvalue weighted by Gasteiger charge is -2.32. The van der Waals surface area contributed by atoms with Gasteiger partial charge < -0.3 is 19.7 Å². The van der Waals surface area contributed by atoms with Crippen LogP contribution in [-0.2, 0) is 13.0 Å². The number of methoxy groups -OCH3 is 2. The molecule has 0 bridgehead atoms. The Morgan fingerprint density at radius 2 is 1.88 bits per heavy atom. The number of ether oxygens (including phenoxy) is 2. The molecule has 0 aromatic heterocycles. The van der Waals surface area contributed by atoms with Crippen LogP contribution < -0.4 is 14.8 Å². The Morgan fingerprint density at radius 1 is 1.20 bits per heavy atom. The lowest BCUT2D eigenvalue weighted by atomic mass is 9.98. The van der Waals surface area contributed by atoms with Crippen molar-refractivity contribution in [2.45, 2.75) is 52.5 Å². The molecule has 1 atom stereocenters. The molecule has 0 unspecified atom stereocenters. The Hall–Kier alpha value is -1.49. The van der Waals surface area contributed by atoms with E-state index in [0.717, 1.165) is 42.7 Å². The molecule has 0 saturated carbocycles. The molecule has 2 rings (SSSR count). The minimum absolute atomic E-state index is 0.708. The van der Waals surface area contributed by atoms with Crippen LogP contribution >= 0.6 is 12.2 Å². The Bertz CT molecular complexity index is 577. The predicted molar refractivity (Wildman–Crippen MR) is 108 cm³/mol. The average Bonchev–Trinajstić information content (AvgIpc) is 2.66. The summed E-state index contributed by atoms with van der Waals surface area (Å²) < 4.78 is 10.8. The first kappa shape index (κ1) is 19.8. The number of benzene rings is 1. The van der Waals surface area contributed by atoms with Crippen LogP contribution in [0.2, 0.25) is 0 Å². The predicted octanol–water partition coefficient (Wildman–Crippen LogP) is 4.15. The third kappa shape index (κ3) is 5.24. The molecule has 1 N–H and O–H groups in total. The molecule has 5 heteroatoms. The van der Waals surface area contributed by atoms with Crippen molar-refractivity contribution in [3.63, 3.8) is 0 Å². The normalized spacial score (nSPS) is 14.6. The maximum Gasteiger partial charge on any atom is 0.169 e. The summed E-state index contributed by atoms with van der Waals surface area (Å²) in [6, 6.07) is 4.18. The van der Waals surface area contributed by atoms with E-state index in [1.54, 1.807) is 14.2 Å². The van der Waals surface area contributed by atoms with E-state index in [9.17, 15) is 0 Å². The highest BCUT2D eigenvalue weighted by atomic mass is 32.1. The van der Waals surface area contributed by atoms with Gasteiger partial charge in [-0.3, -0.25) is 0 Å². The van der Waals surface area contributed by atoms with Gasteiger partial charge in [-0.05, 0) is 54.2 Å². The lowest BCUT2D eigenvalue weighted by molar-refractivity contribution is 0.346. The van der Waals surface area contributed by atoms with Crippen molar-refractivity contribution >= 4 is 17.3 Å². The fourth-order valence-corrected chi connectivity index (χ4v) is 3.58. The van der Waals surface area contributed by atoms with Gasteiger partial charge in [0, 0.05) is 19.6 Å². The molecule has 1 aromatic carbocycles. The molecule has 4 nitrogen and oxygen atoms in total. The van der Waals surface area contributed by atoms with E-state index in [-0.39, 0.29) is 0 Å². The number of rotatable bonds is 8. The number of nitrogens with zero attached hydrogens (tertiary/aromatic N) is 1. The smallest absolute Gasteiger partial charge is 0.169 e. The molecule has 1 aliphatic rings. The van der Waals surface area contributed by atoms with Crippen LogP contribution in [0.1, 0.15) is 50.7 Å². The van der Waals surface area contributed by atoms with Crippen molar-refractivity contribution in [3.05, 3.63) is 23.3 Å². The zero-order valence-electron chi connectivity index (χ0n) is 16.1. The van der Waals surface area contributed by atoms with E-state index in [1.165, 1.54) is 36.8 Å². The molecule has 0 fully saturated rings. The Morgan fingerprint density at radius 3 is 2.48 bits per heavy atom. The van der Waals surface area contributed by atoms with Gasteiger partial charge in [0.05, 0.1) is 14.2 Å². The number of nitrogens with one attached hydrogen (secondary N) is 1. The van der Waals surface area contributed by atoms with Crippen LogP contribution in [0.15, 0.2) is 12.1 Å². The van der Waals surface area contributed by atoms with Gasteiger partial charge >= 0.3 is 0 Å². The van der Waals surface area contributed by atoms with Crippen molar-refractivity contribution in [1.29, 1.82) is 0 Å². The van der Waals surface area contributed by atoms with Crippen molar-refractivity contribution in [1.82, 2.24) is 10.2 Å². The molecule has 1 aliphatic heterocycles. The van der Waals surface area contributed by atoms with Crippen LogP contribution in [0, 0.1) is 5.92 Å². The first-order valence-corrected chi connectivity index (χ1v) is 9.80. The summed E-state index contributed by atoms with van der Waals surface area (Å²) in [7, 11) is 3.36. The van der Waals surface area contributed by atoms with Crippen molar-refractivity contribution in [3.8, 4) is 11.5 Å². The van der Waals surface area contributed by atoms with Crippen molar-refractivity contribution in [2.75, 3.05) is 27.3 Å². The van der Waals surface area contributed by atoms with Crippen LogP contribution in [0.3, 0.4) is 0 Å². The summed E-state index contributed by atoms with van der Waals surface area (Å²) in [6.07, 6.45) is 6.02. The monoisotopic (exact) mass is 364 g/mol. The van der Waals surface area contributed by atoms with E-state index < -0.39 is 0 Å². The number of fused-ring (bicyclic) bond motifs is 1. The quantitative estimate of drug-likeness (QED) is 0.701. The summed E-state index contributed by atoms with van der Waals surface area (Å²) in [5, 5.41) is 4.37. The second kappa shape index (κ2) is 9.85. The topological polar surface area (TPSA) is 33.7 Å². The lowest BCUT2D eigenvalue weighted by Crippen LogP contribution is -2.44. The largest absolute Gasteiger partial charge is 0.493 e. The Kier molecular flexibility index (Phi) is 7.82. The molecular formula is C20H32N2O2S. The van der Waals surface area contributed by atoms with Crippen molar-refractivity contribution < 1.29 is 9.47 Å². The summed E-state index contributed by atoms with van der Waals surface area (Å²) in [6.45, 7) is 7.26. The fourth-order valence-electron chi connectivity index (χ4n) is 3.34. The van der Waals surface area contributed by atoms with Gasteiger partial charge in [-0.2, -0.15) is 0 Å². The summed E-state index contributed by atoms with van der Waals surface area (Å²) in [5.41, 5.74) is 2.59. The van der Waals surface area contributed by atoms with Crippen LogP contribution in [0.4, 0.5) is 0 Å². The maximum atomic E-state index is 5.65.